The van der Waals surface area contributed by atoms with Gasteiger partial charge in [-0.25, -0.2) is 9.97 Å². The minimum Gasteiger partial charge on any atom is -0.278 e. The first-order valence-electron chi connectivity index (χ1n) is 35.1. The third-order valence-corrected chi connectivity index (χ3v) is 19.9. The fourth-order valence-electron chi connectivity index (χ4n) is 15.0. The van der Waals surface area contributed by atoms with Crippen LogP contribution >= 0.6 is 0 Å². The molecule has 4 heterocycles. The average molecular weight is 1330 g/mol. The molecular weight excluding hydrogens is 1270 g/mol. The molecule has 0 bridgehead atoms. The summed E-state index contributed by atoms with van der Waals surface area (Å²) in [6.45, 7) is 0. The Balaban J connectivity index is 0.000000143. The topological polar surface area (TPSA) is 83.8 Å². The van der Waals surface area contributed by atoms with Crippen molar-refractivity contribution in [3.8, 4) is 123 Å². The molecule has 0 saturated heterocycles. The zero-order valence-electron chi connectivity index (χ0n) is 56.4. The molecule has 16 aromatic carbocycles. The standard InChI is InChI=1S/C49H32N4.C47H30N4/c1-3-13-33(14-4-1)35-25-29-38(30-26-35)47-50-48(39-31-27-36(28-32-39)34-15-5-2-6-16-34)52-49(51-47)53-44-23-9-7-19-40(44)42-21-11-17-37-18-12-22-43(46(37)42)41-20-8-10-24-45(41)53;1-2-13-31(14-3-1)35-19-10-20-36(29-35)45-48-46(37-28-27-32-15-4-5-16-34(32)30-37)50-47(49-45)51-42-25-8-6-21-38(42)40-23-11-17-33-18-12-24-41(44(33)40)39-22-7-9-26-43(39)51/h1-32H;1-30H. The zero-order chi connectivity index (χ0) is 68.9. The Morgan fingerprint density at radius 2 is 0.413 bits per heavy atom. The van der Waals surface area contributed by atoms with Gasteiger partial charge < -0.3 is 0 Å². The van der Waals surface area contributed by atoms with Crippen LogP contribution in [0, 0.1) is 0 Å². The summed E-state index contributed by atoms with van der Waals surface area (Å²) in [7, 11) is 0. The van der Waals surface area contributed by atoms with E-state index in [-0.39, 0.29) is 0 Å². The lowest BCUT2D eigenvalue weighted by Gasteiger charge is -2.31. The van der Waals surface area contributed by atoms with Gasteiger partial charge in [-0.3, -0.25) is 9.80 Å². The van der Waals surface area contributed by atoms with E-state index in [0.717, 1.165) is 94.9 Å². The first-order valence-corrected chi connectivity index (χ1v) is 35.1. The minimum absolute atomic E-state index is 0.552. The van der Waals surface area contributed by atoms with E-state index in [4.69, 9.17) is 29.9 Å². The predicted octanol–water partition coefficient (Wildman–Crippen LogP) is 25.1. The van der Waals surface area contributed by atoms with Crippen LogP contribution < -0.4 is 9.80 Å². The van der Waals surface area contributed by atoms with E-state index >= 15 is 0 Å². The molecule has 2 aliphatic heterocycles. The molecule has 8 nitrogen and oxygen atoms in total. The number of fused-ring (bicyclic) bond motifs is 9. The summed E-state index contributed by atoms with van der Waals surface area (Å²) in [5.74, 6) is 3.55. The van der Waals surface area contributed by atoms with E-state index in [0.29, 0.717) is 35.2 Å². The summed E-state index contributed by atoms with van der Waals surface area (Å²) in [6.07, 6.45) is 0. The molecule has 0 unspecified atom stereocenters. The second-order valence-electron chi connectivity index (χ2n) is 26.1. The van der Waals surface area contributed by atoms with E-state index in [2.05, 4.69) is 368 Å². The Hall–Kier alpha value is -14.1. The van der Waals surface area contributed by atoms with Crippen LogP contribution in [0.5, 0.6) is 0 Å². The van der Waals surface area contributed by atoms with Gasteiger partial charge >= 0.3 is 0 Å². The van der Waals surface area contributed by atoms with Crippen LogP contribution in [0.4, 0.5) is 34.6 Å². The number of para-hydroxylation sites is 4. The maximum Gasteiger partial charge on any atom is 0.238 e. The van der Waals surface area contributed by atoms with Gasteiger partial charge in [-0.2, -0.15) is 19.9 Å². The molecular formula is C96H62N8. The molecule has 0 fully saturated rings. The van der Waals surface area contributed by atoms with Crippen molar-refractivity contribution in [2.24, 2.45) is 0 Å². The molecule has 104 heavy (non-hydrogen) atoms. The van der Waals surface area contributed by atoms with Crippen LogP contribution in [0.25, 0.3) is 156 Å². The lowest BCUT2D eigenvalue weighted by molar-refractivity contribution is 1.02. The van der Waals surface area contributed by atoms with E-state index < -0.39 is 0 Å². The number of rotatable bonds is 9. The van der Waals surface area contributed by atoms with E-state index in [1.165, 1.54) is 60.3 Å². The van der Waals surface area contributed by atoms with Gasteiger partial charge in [0.1, 0.15) is 0 Å². The smallest absolute Gasteiger partial charge is 0.238 e. The minimum atomic E-state index is 0.552. The molecule has 0 aliphatic carbocycles. The molecule has 8 heteroatoms. The fraction of sp³-hybridized carbons (Fsp3) is 0. The van der Waals surface area contributed by atoms with Crippen molar-refractivity contribution in [1.82, 2.24) is 29.9 Å². The second kappa shape index (κ2) is 26.2. The van der Waals surface area contributed by atoms with Gasteiger partial charge in [-0.1, -0.05) is 340 Å². The lowest BCUT2D eigenvalue weighted by atomic mass is 9.88. The fourth-order valence-corrected chi connectivity index (χ4v) is 15.0. The Morgan fingerprint density at radius 1 is 0.154 bits per heavy atom. The van der Waals surface area contributed by atoms with Crippen molar-refractivity contribution in [3.05, 3.63) is 376 Å². The van der Waals surface area contributed by atoms with Gasteiger partial charge in [0.25, 0.3) is 0 Å². The summed E-state index contributed by atoms with van der Waals surface area (Å²) < 4.78 is 0. The molecule has 2 aliphatic rings. The van der Waals surface area contributed by atoms with Gasteiger partial charge in [0.2, 0.25) is 11.9 Å². The number of hydrogen-bond donors (Lipinski definition) is 0. The van der Waals surface area contributed by atoms with Gasteiger partial charge in [0.15, 0.2) is 23.3 Å². The van der Waals surface area contributed by atoms with Crippen LogP contribution in [0.1, 0.15) is 0 Å². The number of anilines is 6. The highest BCUT2D eigenvalue weighted by Crippen LogP contribution is 2.53. The summed E-state index contributed by atoms with van der Waals surface area (Å²) >= 11 is 0. The van der Waals surface area contributed by atoms with Crippen molar-refractivity contribution in [1.29, 1.82) is 0 Å². The molecule has 0 amide bonds. The Labute approximate surface area is 602 Å². The van der Waals surface area contributed by atoms with Gasteiger partial charge in [0.05, 0.1) is 22.7 Å². The maximum atomic E-state index is 5.33. The van der Waals surface area contributed by atoms with Crippen LogP contribution in [-0.4, -0.2) is 29.9 Å². The Morgan fingerprint density at radius 3 is 0.817 bits per heavy atom. The maximum absolute atomic E-state index is 5.33. The molecule has 2 aromatic heterocycles. The Kier molecular flexibility index (Phi) is 15.4. The van der Waals surface area contributed by atoms with Gasteiger partial charge in [-0.05, 0) is 124 Å². The number of aromatic nitrogens is 6. The second-order valence-corrected chi connectivity index (χ2v) is 26.1. The SMILES string of the molecule is c1ccc(-c2ccc(-c3nc(-c4ccc(-c5ccccc5)cc4)nc(N4c5ccccc5-c5cccc6cccc(c56)-c5ccccc54)n3)cc2)cc1.c1ccc(-c2cccc(-c3nc(-c4ccc5ccccc5c4)nc(N4c5ccccc5-c5cccc6cccc(c56)-c5ccccc54)n3)c2)cc1. The lowest BCUT2D eigenvalue weighted by Crippen LogP contribution is -2.17. The first-order chi connectivity index (χ1) is 51.6. The van der Waals surface area contributed by atoms with Crippen molar-refractivity contribution < 1.29 is 0 Å². The Bertz CT molecular complexity index is 6040. The molecule has 18 aromatic rings. The highest BCUT2D eigenvalue weighted by molar-refractivity contribution is 6.14. The van der Waals surface area contributed by atoms with E-state index in [9.17, 15) is 0 Å². The van der Waals surface area contributed by atoms with Crippen LogP contribution in [-0.2, 0) is 0 Å². The first kappa shape index (κ1) is 61.0. The average Bonchev–Trinajstić information content (AvgIpc) is 0.737. The summed E-state index contributed by atoms with van der Waals surface area (Å²) in [4.78, 5) is 36.0. The highest BCUT2D eigenvalue weighted by Gasteiger charge is 2.31. The van der Waals surface area contributed by atoms with Gasteiger partial charge in [0, 0.05) is 44.5 Å². The molecule has 0 radical (unpaired) electrons. The number of hydrogen-bond acceptors (Lipinski definition) is 8. The summed E-state index contributed by atoms with van der Waals surface area (Å²) in [5.41, 5.74) is 23.7. The third-order valence-electron chi connectivity index (χ3n) is 19.9. The van der Waals surface area contributed by atoms with Crippen LogP contribution in [0.2, 0.25) is 0 Å². The normalized spacial score (nSPS) is 11.8. The van der Waals surface area contributed by atoms with Crippen molar-refractivity contribution in [3.63, 3.8) is 0 Å². The highest BCUT2D eigenvalue weighted by atomic mass is 15.3. The molecule has 486 valence electrons. The molecule has 0 spiro atoms. The van der Waals surface area contributed by atoms with Crippen LogP contribution in [0.3, 0.4) is 0 Å². The monoisotopic (exact) mass is 1330 g/mol. The summed E-state index contributed by atoms with van der Waals surface area (Å²) in [5, 5.41) is 7.21. The van der Waals surface area contributed by atoms with Crippen molar-refractivity contribution in [2.45, 2.75) is 0 Å². The van der Waals surface area contributed by atoms with E-state index in [1.54, 1.807) is 0 Å². The van der Waals surface area contributed by atoms with Gasteiger partial charge in [-0.15, -0.1) is 0 Å². The van der Waals surface area contributed by atoms with Crippen molar-refractivity contribution >= 4 is 67.0 Å². The largest absolute Gasteiger partial charge is 0.278 e. The quantitative estimate of drug-likeness (QED) is 0.141. The summed E-state index contributed by atoms with van der Waals surface area (Å²) in [6, 6.07) is 132. The number of nitrogens with zero attached hydrogens (tertiary/aromatic N) is 8. The van der Waals surface area contributed by atoms with Crippen LogP contribution in [0.15, 0.2) is 376 Å². The zero-order valence-corrected chi connectivity index (χ0v) is 56.4. The molecule has 0 atom stereocenters. The van der Waals surface area contributed by atoms with Crippen molar-refractivity contribution in [2.75, 3.05) is 9.80 Å². The third kappa shape index (κ3) is 11.2. The number of benzene rings is 16. The predicted molar refractivity (Wildman–Crippen MR) is 428 cm³/mol. The molecule has 0 N–H and O–H groups in total. The molecule has 0 saturated carbocycles. The van der Waals surface area contributed by atoms with E-state index in [1.807, 2.05) is 18.2 Å². The molecule has 20 rings (SSSR count).